The second-order valence-corrected chi connectivity index (χ2v) is 5.69. The zero-order chi connectivity index (χ0) is 12.9. The van der Waals surface area contributed by atoms with Crippen molar-refractivity contribution in [3.8, 4) is 0 Å². The molecule has 1 rings (SSSR count). The highest BCUT2D eigenvalue weighted by Gasteiger charge is 2.06. The van der Waals surface area contributed by atoms with Crippen LogP contribution >= 0.6 is 0 Å². The maximum Gasteiger partial charge on any atom is 0.319 e. The lowest BCUT2D eigenvalue weighted by Gasteiger charge is -2.07. The van der Waals surface area contributed by atoms with Crippen molar-refractivity contribution in [1.29, 1.82) is 0 Å². The Morgan fingerprint density at radius 3 is 2.29 bits per heavy atom. The predicted molar refractivity (Wildman–Crippen MR) is 66.9 cm³/mol. The minimum atomic E-state index is -3.19. The van der Waals surface area contributed by atoms with E-state index in [9.17, 15) is 13.2 Å². The third-order valence-electron chi connectivity index (χ3n) is 2.08. The van der Waals surface area contributed by atoms with Gasteiger partial charge in [0, 0.05) is 18.5 Å². The fraction of sp³-hybridized carbons (Fsp3) is 0.364. The Kier molecular flexibility index (Phi) is 4.51. The van der Waals surface area contributed by atoms with Gasteiger partial charge in [-0.05, 0) is 30.7 Å². The van der Waals surface area contributed by atoms with E-state index in [0.29, 0.717) is 12.2 Å². The minimum absolute atomic E-state index is 0.233. The van der Waals surface area contributed by atoms with Gasteiger partial charge in [0.05, 0.1) is 4.90 Å². The van der Waals surface area contributed by atoms with E-state index in [0.717, 1.165) is 12.7 Å². The fourth-order valence-corrected chi connectivity index (χ4v) is 1.83. The molecule has 0 aromatic heterocycles. The van der Waals surface area contributed by atoms with Gasteiger partial charge in [0.25, 0.3) is 0 Å². The van der Waals surface area contributed by atoms with Crippen LogP contribution in [0.1, 0.15) is 13.3 Å². The first-order valence-corrected chi connectivity index (χ1v) is 7.17. The molecule has 0 atom stereocenters. The molecule has 94 valence electrons. The van der Waals surface area contributed by atoms with Gasteiger partial charge in [0.15, 0.2) is 9.84 Å². The standard InChI is InChI=1S/C11H16N2O3S/c1-3-8-12-11(14)13-9-4-6-10(7-5-9)17(2,15)16/h4-7H,3,8H2,1-2H3,(H2,12,13,14). The Morgan fingerprint density at radius 1 is 1.24 bits per heavy atom. The van der Waals surface area contributed by atoms with E-state index in [1.807, 2.05) is 6.92 Å². The largest absolute Gasteiger partial charge is 0.338 e. The van der Waals surface area contributed by atoms with E-state index in [1.165, 1.54) is 12.1 Å². The summed E-state index contributed by atoms with van der Waals surface area (Å²) in [6.07, 6.45) is 2.00. The Morgan fingerprint density at radius 2 is 1.82 bits per heavy atom. The van der Waals surface area contributed by atoms with Crippen LogP contribution < -0.4 is 10.6 Å². The van der Waals surface area contributed by atoms with Crippen LogP contribution in [0.2, 0.25) is 0 Å². The molecule has 0 fully saturated rings. The number of urea groups is 1. The van der Waals surface area contributed by atoms with Crippen molar-refractivity contribution >= 4 is 21.6 Å². The summed E-state index contributed by atoms with van der Waals surface area (Å²) in [6.45, 7) is 2.56. The third kappa shape index (κ3) is 4.44. The smallest absolute Gasteiger partial charge is 0.319 e. The molecule has 0 radical (unpaired) electrons. The predicted octanol–water partition coefficient (Wildman–Crippen LogP) is 1.62. The number of nitrogens with one attached hydrogen (secondary N) is 2. The van der Waals surface area contributed by atoms with Gasteiger partial charge in [-0.2, -0.15) is 0 Å². The monoisotopic (exact) mass is 256 g/mol. The highest BCUT2D eigenvalue weighted by Crippen LogP contribution is 2.13. The lowest BCUT2D eigenvalue weighted by Crippen LogP contribution is -2.29. The molecule has 0 aliphatic heterocycles. The summed E-state index contributed by atoms with van der Waals surface area (Å²) in [7, 11) is -3.19. The van der Waals surface area contributed by atoms with E-state index >= 15 is 0 Å². The molecule has 0 saturated heterocycles. The fourth-order valence-electron chi connectivity index (χ4n) is 1.20. The molecule has 1 aromatic rings. The Hall–Kier alpha value is -1.56. The van der Waals surface area contributed by atoms with E-state index in [4.69, 9.17) is 0 Å². The van der Waals surface area contributed by atoms with Crippen molar-refractivity contribution in [2.24, 2.45) is 0 Å². The maximum atomic E-state index is 11.3. The Bertz CT molecular complexity index is 480. The van der Waals surface area contributed by atoms with Gasteiger partial charge < -0.3 is 10.6 Å². The van der Waals surface area contributed by atoms with Crippen molar-refractivity contribution in [1.82, 2.24) is 5.32 Å². The molecule has 6 heteroatoms. The lowest BCUT2D eigenvalue weighted by atomic mass is 10.3. The second-order valence-electron chi connectivity index (χ2n) is 3.68. The molecule has 0 aliphatic rings. The highest BCUT2D eigenvalue weighted by molar-refractivity contribution is 7.90. The molecule has 2 N–H and O–H groups in total. The topological polar surface area (TPSA) is 75.3 Å². The SMILES string of the molecule is CCCNC(=O)Nc1ccc(S(C)(=O)=O)cc1. The molecule has 0 unspecified atom stereocenters. The summed E-state index contributed by atoms with van der Waals surface area (Å²) >= 11 is 0. The van der Waals surface area contributed by atoms with Crippen LogP contribution in [0, 0.1) is 0 Å². The van der Waals surface area contributed by atoms with Crippen LogP contribution in [0.4, 0.5) is 10.5 Å². The Balaban J connectivity index is 2.66. The summed E-state index contributed by atoms with van der Waals surface area (Å²) < 4.78 is 22.4. The number of hydrogen-bond acceptors (Lipinski definition) is 3. The summed E-state index contributed by atoms with van der Waals surface area (Å²) in [5, 5.41) is 5.27. The van der Waals surface area contributed by atoms with Gasteiger partial charge >= 0.3 is 6.03 Å². The van der Waals surface area contributed by atoms with Crippen molar-refractivity contribution in [3.05, 3.63) is 24.3 Å². The van der Waals surface area contributed by atoms with Crippen molar-refractivity contribution in [3.63, 3.8) is 0 Å². The molecular weight excluding hydrogens is 240 g/mol. The van der Waals surface area contributed by atoms with Gasteiger partial charge in [-0.1, -0.05) is 6.92 Å². The van der Waals surface area contributed by atoms with Gasteiger partial charge in [-0.3, -0.25) is 0 Å². The third-order valence-corrected chi connectivity index (χ3v) is 3.20. The highest BCUT2D eigenvalue weighted by atomic mass is 32.2. The van der Waals surface area contributed by atoms with Gasteiger partial charge in [0.2, 0.25) is 0 Å². The molecule has 17 heavy (non-hydrogen) atoms. The number of rotatable bonds is 4. The van der Waals surface area contributed by atoms with Crippen molar-refractivity contribution < 1.29 is 13.2 Å². The van der Waals surface area contributed by atoms with Crippen molar-refractivity contribution in [2.75, 3.05) is 18.1 Å². The number of sulfone groups is 1. The van der Waals surface area contributed by atoms with Gasteiger partial charge in [0.1, 0.15) is 0 Å². The van der Waals surface area contributed by atoms with Crippen LogP contribution in [-0.4, -0.2) is 27.2 Å². The van der Waals surface area contributed by atoms with Crippen LogP contribution in [0.5, 0.6) is 0 Å². The van der Waals surface area contributed by atoms with Crippen molar-refractivity contribution in [2.45, 2.75) is 18.2 Å². The summed E-state index contributed by atoms with van der Waals surface area (Å²) in [5.41, 5.74) is 0.561. The van der Waals surface area contributed by atoms with Crippen LogP contribution in [0.25, 0.3) is 0 Å². The zero-order valence-corrected chi connectivity index (χ0v) is 10.7. The van der Waals surface area contributed by atoms with E-state index in [1.54, 1.807) is 12.1 Å². The van der Waals surface area contributed by atoms with Crippen LogP contribution in [-0.2, 0) is 9.84 Å². The summed E-state index contributed by atoms with van der Waals surface area (Å²) in [6, 6.07) is 5.75. The summed E-state index contributed by atoms with van der Waals surface area (Å²) in [4.78, 5) is 11.5. The average molecular weight is 256 g/mol. The Labute approximate surface area is 101 Å². The summed E-state index contributed by atoms with van der Waals surface area (Å²) in [5.74, 6) is 0. The van der Waals surface area contributed by atoms with E-state index in [2.05, 4.69) is 10.6 Å². The maximum absolute atomic E-state index is 11.3. The number of carbonyl (C=O) groups excluding carboxylic acids is 1. The van der Waals surface area contributed by atoms with E-state index < -0.39 is 9.84 Å². The quantitative estimate of drug-likeness (QED) is 0.859. The molecule has 1 aromatic carbocycles. The second kappa shape index (κ2) is 5.67. The van der Waals surface area contributed by atoms with Crippen LogP contribution in [0.3, 0.4) is 0 Å². The average Bonchev–Trinajstić information content (AvgIpc) is 2.26. The molecule has 0 aliphatic carbocycles. The molecule has 5 nitrogen and oxygen atoms in total. The molecule has 0 heterocycles. The first-order chi connectivity index (χ1) is 7.93. The number of hydrogen-bond donors (Lipinski definition) is 2. The van der Waals surface area contributed by atoms with E-state index in [-0.39, 0.29) is 10.9 Å². The first-order valence-electron chi connectivity index (χ1n) is 5.28. The normalized spacial score (nSPS) is 10.9. The molecule has 0 bridgehead atoms. The first kappa shape index (κ1) is 13.5. The number of amides is 2. The number of anilines is 1. The molecule has 0 saturated carbocycles. The molecule has 0 spiro atoms. The minimum Gasteiger partial charge on any atom is -0.338 e. The zero-order valence-electron chi connectivity index (χ0n) is 9.86. The number of carbonyl (C=O) groups is 1. The lowest BCUT2D eigenvalue weighted by molar-refractivity contribution is 0.252. The number of benzene rings is 1. The van der Waals surface area contributed by atoms with Gasteiger partial charge in [-0.15, -0.1) is 0 Å². The van der Waals surface area contributed by atoms with Gasteiger partial charge in [-0.25, -0.2) is 13.2 Å². The molecule has 2 amide bonds. The van der Waals surface area contributed by atoms with Crippen LogP contribution in [0.15, 0.2) is 29.2 Å². The molecular formula is C11H16N2O3S.